The number of fused-ring (bicyclic) bond motifs is 10. The van der Waals surface area contributed by atoms with E-state index in [9.17, 15) is 0 Å². The summed E-state index contributed by atoms with van der Waals surface area (Å²) in [6.45, 7) is 34.6. The van der Waals surface area contributed by atoms with Crippen molar-refractivity contribution < 1.29 is 4.42 Å². The number of hydrogen-bond donors (Lipinski definition) is 0. The molecule has 0 bridgehead atoms. The molecule has 0 N–H and O–H groups in total. The van der Waals surface area contributed by atoms with E-state index in [2.05, 4.69) is 270 Å². The van der Waals surface area contributed by atoms with Crippen LogP contribution in [0, 0.1) is 0 Å². The quantitative estimate of drug-likeness (QED) is 0.160. The summed E-state index contributed by atoms with van der Waals surface area (Å²) in [7, 11) is 0. The minimum Gasteiger partial charge on any atom is -0.454 e. The molecular formula is C71H76BN3O. The largest absolute Gasteiger partial charge is 0.454 e. The number of benzene rings is 8. The van der Waals surface area contributed by atoms with Crippen LogP contribution in [0.5, 0.6) is 0 Å². The van der Waals surface area contributed by atoms with E-state index >= 15 is 0 Å². The van der Waals surface area contributed by atoms with E-state index in [1.54, 1.807) is 0 Å². The van der Waals surface area contributed by atoms with Gasteiger partial charge in [0.25, 0.3) is 6.71 Å². The molecule has 3 aliphatic rings. The highest BCUT2D eigenvalue weighted by Gasteiger charge is 2.46. The fourth-order valence-electron chi connectivity index (χ4n) is 12.5. The Labute approximate surface area is 453 Å². The molecule has 0 radical (unpaired) electrons. The molecule has 8 aromatic carbocycles. The van der Waals surface area contributed by atoms with Crippen LogP contribution in [0.4, 0.5) is 51.2 Å². The Morgan fingerprint density at radius 1 is 0.395 bits per heavy atom. The van der Waals surface area contributed by atoms with Crippen molar-refractivity contribution in [3.05, 3.63) is 191 Å². The van der Waals surface area contributed by atoms with Crippen LogP contribution in [0.3, 0.4) is 0 Å². The lowest BCUT2D eigenvalue weighted by Crippen LogP contribution is -2.61. The molecule has 384 valence electrons. The van der Waals surface area contributed by atoms with Gasteiger partial charge in [-0.25, -0.2) is 0 Å². The topological polar surface area (TPSA) is 22.9 Å². The minimum absolute atomic E-state index is 0.00447. The lowest BCUT2D eigenvalue weighted by molar-refractivity contribution is 0.590. The van der Waals surface area contributed by atoms with Crippen LogP contribution >= 0.6 is 0 Å². The van der Waals surface area contributed by atoms with Crippen molar-refractivity contribution in [2.75, 3.05) is 14.7 Å². The fraction of sp³-hybridized carbons (Fsp3) is 0.324. The van der Waals surface area contributed by atoms with Gasteiger partial charge in [0.05, 0.1) is 11.4 Å². The highest BCUT2D eigenvalue weighted by atomic mass is 16.3. The molecule has 9 aromatic rings. The summed E-state index contributed by atoms with van der Waals surface area (Å²) in [4.78, 5) is 7.64. The second-order valence-corrected chi connectivity index (χ2v) is 27.5. The maximum absolute atomic E-state index is 7.51. The Hall–Kier alpha value is -6.98. The van der Waals surface area contributed by atoms with Crippen molar-refractivity contribution in [3.63, 3.8) is 0 Å². The maximum atomic E-state index is 7.51. The van der Waals surface area contributed by atoms with Gasteiger partial charge in [-0.1, -0.05) is 189 Å². The Balaban J connectivity index is 1.23. The minimum atomic E-state index is -0.101. The SMILES string of the molecule is CC(C)(C)c1ccc(N(c2ccc(C(C)(C)C)cc2)c2cc3c4c(c2)N(c2ccc(C(C)(C)C)cc2)c2c(ccc5c2oc2c6c(ccc25)CCC6)B4c2cc(C(C)(C)C)ccc2N3c2ccc(C(C)(C)C)cc2)cc1. The van der Waals surface area contributed by atoms with Gasteiger partial charge in [0.1, 0.15) is 5.58 Å². The third-order valence-electron chi connectivity index (χ3n) is 17.0. The van der Waals surface area contributed by atoms with Gasteiger partial charge < -0.3 is 19.1 Å². The molecule has 0 saturated heterocycles. The van der Waals surface area contributed by atoms with E-state index in [0.29, 0.717) is 0 Å². The molecule has 0 atom stereocenters. The van der Waals surface area contributed by atoms with Crippen LogP contribution < -0.4 is 31.1 Å². The molecule has 0 saturated carbocycles. The molecular weight excluding hydrogens is 922 g/mol. The zero-order valence-corrected chi connectivity index (χ0v) is 47.9. The Morgan fingerprint density at radius 3 is 1.36 bits per heavy atom. The van der Waals surface area contributed by atoms with E-state index in [-0.39, 0.29) is 33.8 Å². The van der Waals surface area contributed by atoms with E-state index in [1.807, 2.05) is 0 Å². The lowest BCUT2D eigenvalue weighted by atomic mass is 9.33. The van der Waals surface area contributed by atoms with Crippen LogP contribution in [0.25, 0.3) is 21.9 Å². The molecule has 0 unspecified atom stereocenters. The van der Waals surface area contributed by atoms with Gasteiger partial charge in [-0.15, -0.1) is 0 Å². The highest BCUT2D eigenvalue weighted by molar-refractivity contribution is 7.00. The first kappa shape index (κ1) is 49.9. The summed E-state index contributed by atoms with van der Waals surface area (Å²) in [6.07, 6.45) is 3.31. The number of furan rings is 1. The molecule has 0 fully saturated rings. The average Bonchev–Trinajstić information content (AvgIpc) is 4.05. The first-order valence-electron chi connectivity index (χ1n) is 28.0. The third kappa shape index (κ3) is 8.26. The second kappa shape index (κ2) is 17.3. The Morgan fingerprint density at radius 2 is 0.842 bits per heavy atom. The van der Waals surface area contributed by atoms with Crippen molar-refractivity contribution in [1.29, 1.82) is 0 Å². The number of aryl methyl sites for hydroxylation is 2. The molecule has 1 aromatic heterocycles. The van der Waals surface area contributed by atoms with Gasteiger partial charge in [-0.05, 0) is 168 Å². The number of nitrogens with zero attached hydrogens (tertiary/aromatic N) is 3. The van der Waals surface area contributed by atoms with Gasteiger partial charge >= 0.3 is 0 Å². The average molecular weight is 998 g/mol. The summed E-state index contributed by atoms with van der Waals surface area (Å²) in [5.74, 6) is 0. The van der Waals surface area contributed by atoms with E-state index in [0.717, 1.165) is 70.2 Å². The molecule has 76 heavy (non-hydrogen) atoms. The van der Waals surface area contributed by atoms with Gasteiger partial charge in [-0.3, -0.25) is 0 Å². The molecule has 0 spiro atoms. The summed E-state index contributed by atoms with van der Waals surface area (Å²) in [5.41, 5.74) is 25.3. The van der Waals surface area contributed by atoms with Crippen molar-refractivity contribution >= 4 is 96.2 Å². The summed E-state index contributed by atoms with van der Waals surface area (Å²) < 4.78 is 7.51. The molecule has 1 aliphatic carbocycles. The monoisotopic (exact) mass is 998 g/mol. The zero-order valence-electron chi connectivity index (χ0n) is 47.9. The first-order valence-corrected chi connectivity index (χ1v) is 28.0. The molecule has 2 aliphatic heterocycles. The number of rotatable bonds is 5. The lowest BCUT2D eigenvalue weighted by Gasteiger charge is -2.45. The van der Waals surface area contributed by atoms with Crippen LogP contribution in [-0.2, 0) is 39.9 Å². The number of anilines is 9. The molecule has 3 heterocycles. The smallest absolute Gasteiger partial charge is 0.252 e. The van der Waals surface area contributed by atoms with Crippen LogP contribution in [0.1, 0.15) is 149 Å². The summed E-state index contributed by atoms with van der Waals surface area (Å²) >= 11 is 0. The summed E-state index contributed by atoms with van der Waals surface area (Å²) in [5, 5.41) is 2.37. The predicted octanol–water partition coefficient (Wildman–Crippen LogP) is 18.1. The van der Waals surface area contributed by atoms with Crippen molar-refractivity contribution in [2.24, 2.45) is 0 Å². The van der Waals surface area contributed by atoms with Crippen LogP contribution in [-0.4, -0.2) is 6.71 Å². The normalized spacial score (nSPS) is 14.5. The summed E-state index contributed by atoms with van der Waals surface area (Å²) in [6, 6.07) is 59.2. The Kier molecular flexibility index (Phi) is 11.3. The fourth-order valence-corrected chi connectivity index (χ4v) is 12.5. The Bertz CT molecular complexity index is 3670. The standard InChI is InChI=1S/C71H76BN3O/c1-67(2,3)45-20-29-50(30-21-45)73(51-31-22-46(23-32-51)68(4,5)6)54-42-61-63-62(43-54)75(53-35-26-48(27-36-53)70(10,11)12)64-58(39-38-57-56-37-19-44-17-16-18-55(44)65(56)76-66(57)64)72(63)59-41-49(71(13,14)15)28-40-60(59)74(61)52-33-24-47(25-34-52)69(7,8)9/h19-43H,16-18H2,1-15H3. The van der Waals surface area contributed by atoms with Crippen molar-refractivity contribution in [3.8, 4) is 0 Å². The predicted molar refractivity (Wildman–Crippen MR) is 328 cm³/mol. The van der Waals surface area contributed by atoms with Crippen molar-refractivity contribution in [1.82, 2.24) is 0 Å². The van der Waals surface area contributed by atoms with E-state index in [1.165, 1.54) is 77.5 Å². The number of hydrogen-bond acceptors (Lipinski definition) is 4. The van der Waals surface area contributed by atoms with Crippen molar-refractivity contribution in [2.45, 2.75) is 150 Å². The van der Waals surface area contributed by atoms with Gasteiger partial charge in [0.2, 0.25) is 0 Å². The van der Waals surface area contributed by atoms with Crippen LogP contribution in [0.2, 0.25) is 0 Å². The zero-order chi connectivity index (χ0) is 53.6. The van der Waals surface area contributed by atoms with Gasteiger partial charge in [-0.2, -0.15) is 0 Å². The maximum Gasteiger partial charge on any atom is 0.252 e. The molecule has 12 rings (SSSR count). The van der Waals surface area contributed by atoms with E-state index in [4.69, 9.17) is 4.42 Å². The van der Waals surface area contributed by atoms with Gasteiger partial charge in [0.15, 0.2) is 5.58 Å². The van der Waals surface area contributed by atoms with E-state index < -0.39 is 0 Å². The third-order valence-corrected chi connectivity index (χ3v) is 17.0. The van der Waals surface area contributed by atoms with Crippen LogP contribution in [0.15, 0.2) is 156 Å². The first-order chi connectivity index (χ1) is 35.8. The molecule has 4 nitrogen and oxygen atoms in total. The highest BCUT2D eigenvalue weighted by Crippen LogP contribution is 2.51. The van der Waals surface area contributed by atoms with Gasteiger partial charge in [0, 0.05) is 50.6 Å². The second-order valence-electron chi connectivity index (χ2n) is 27.5. The molecule has 5 heteroatoms. The molecule has 0 amide bonds.